The Balaban J connectivity index is 1.51. The monoisotopic (exact) mass is 381 g/mol. The van der Waals surface area contributed by atoms with Crippen LogP contribution in [0.25, 0.3) is 0 Å². The Morgan fingerprint density at radius 3 is 2.35 bits per heavy atom. The van der Waals surface area contributed by atoms with Crippen LogP contribution in [0, 0.1) is 11.7 Å². The maximum Gasteiger partial charge on any atom is 0.216 e. The second kappa shape index (κ2) is 7.54. The first kappa shape index (κ1) is 18.3. The lowest BCUT2D eigenvalue weighted by atomic mass is 9.84. The number of rotatable bonds is 5. The molecule has 1 N–H and O–H groups in total. The Kier molecular flexibility index (Phi) is 5.32. The molecule has 7 heteroatoms. The van der Waals surface area contributed by atoms with E-state index in [9.17, 15) is 12.8 Å². The number of nitrogens with one attached hydrogen (secondary N) is 1. The molecule has 5 nitrogen and oxygen atoms in total. The summed E-state index contributed by atoms with van der Waals surface area (Å²) in [5, 5.41) is 3.25. The number of hydrogen-bond donors (Lipinski definition) is 1. The standard InChI is InChI=1S/C19H28FN3O2S/c20-17-3-1-2-16(14-17)19(22-12-8-21-9-13-22)15-6-10-23(11-7-15)26(24,25)18-4-5-18/h1-3,14-15,18-19,21H,4-13H2/t19-/m1/s1. The van der Waals surface area contributed by atoms with E-state index >= 15 is 0 Å². The number of hydrogen-bond acceptors (Lipinski definition) is 4. The molecule has 0 radical (unpaired) electrons. The molecule has 1 aromatic rings. The molecule has 1 saturated carbocycles. The number of nitrogens with zero attached hydrogens (tertiary/aromatic N) is 2. The Labute approximate surface area is 155 Å². The van der Waals surface area contributed by atoms with Gasteiger partial charge in [-0.3, -0.25) is 4.90 Å². The second-order valence-corrected chi connectivity index (χ2v) is 9.98. The first-order valence-corrected chi connectivity index (χ1v) is 11.3. The summed E-state index contributed by atoms with van der Waals surface area (Å²) in [5.74, 6) is 0.164. The minimum absolute atomic E-state index is 0.133. The summed E-state index contributed by atoms with van der Waals surface area (Å²) < 4.78 is 40.6. The summed E-state index contributed by atoms with van der Waals surface area (Å²) >= 11 is 0. The van der Waals surface area contributed by atoms with Gasteiger partial charge in [0.15, 0.2) is 0 Å². The molecule has 0 unspecified atom stereocenters. The third-order valence-corrected chi connectivity index (χ3v) is 8.38. The molecule has 2 aliphatic heterocycles. The van der Waals surface area contributed by atoms with Gasteiger partial charge in [-0.05, 0) is 49.3 Å². The molecule has 3 aliphatic rings. The summed E-state index contributed by atoms with van der Waals surface area (Å²) in [5.41, 5.74) is 1.02. The first-order valence-electron chi connectivity index (χ1n) is 9.75. The fourth-order valence-electron chi connectivity index (χ4n) is 4.45. The highest BCUT2D eigenvalue weighted by Crippen LogP contribution is 2.38. The number of benzene rings is 1. The number of piperidine rings is 1. The molecule has 1 aliphatic carbocycles. The van der Waals surface area contributed by atoms with Crippen LogP contribution in [0.3, 0.4) is 0 Å². The Bertz CT molecular complexity index is 724. The molecule has 0 amide bonds. The molecular formula is C19H28FN3O2S. The van der Waals surface area contributed by atoms with Crippen LogP contribution in [0.4, 0.5) is 4.39 Å². The third-order valence-electron chi connectivity index (χ3n) is 5.99. The van der Waals surface area contributed by atoms with Crippen molar-refractivity contribution >= 4 is 10.0 Å². The van der Waals surface area contributed by atoms with E-state index in [0.717, 1.165) is 57.4 Å². The van der Waals surface area contributed by atoms with Gasteiger partial charge in [0.2, 0.25) is 10.0 Å². The zero-order valence-electron chi connectivity index (χ0n) is 15.1. The molecule has 2 heterocycles. The number of piperazine rings is 1. The highest BCUT2D eigenvalue weighted by atomic mass is 32.2. The van der Waals surface area contributed by atoms with Crippen LogP contribution in [-0.2, 0) is 10.0 Å². The lowest BCUT2D eigenvalue weighted by Crippen LogP contribution is -2.49. The maximum atomic E-state index is 13.9. The fourth-order valence-corrected chi connectivity index (χ4v) is 6.33. The molecule has 0 aromatic heterocycles. The van der Waals surface area contributed by atoms with Crippen molar-refractivity contribution in [2.24, 2.45) is 5.92 Å². The van der Waals surface area contributed by atoms with Crippen LogP contribution >= 0.6 is 0 Å². The van der Waals surface area contributed by atoms with Gasteiger partial charge in [-0.2, -0.15) is 0 Å². The van der Waals surface area contributed by atoms with Crippen molar-refractivity contribution in [1.82, 2.24) is 14.5 Å². The molecular weight excluding hydrogens is 353 g/mol. The Hall–Kier alpha value is -1.02. The summed E-state index contributed by atoms with van der Waals surface area (Å²) in [4.78, 5) is 2.45. The van der Waals surface area contributed by atoms with Crippen LogP contribution in [-0.4, -0.2) is 62.1 Å². The fraction of sp³-hybridized carbons (Fsp3) is 0.684. The van der Waals surface area contributed by atoms with E-state index < -0.39 is 10.0 Å². The minimum atomic E-state index is -3.08. The van der Waals surface area contributed by atoms with Crippen LogP contribution in [0.1, 0.15) is 37.3 Å². The van der Waals surface area contributed by atoms with E-state index in [0.29, 0.717) is 19.0 Å². The van der Waals surface area contributed by atoms with E-state index in [2.05, 4.69) is 10.2 Å². The van der Waals surface area contributed by atoms with Crippen LogP contribution < -0.4 is 5.32 Å². The maximum absolute atomic E-state index is 13.9. The topological polar surface area (TPSA) is 52.7 Å². The molecule has 1 atom stereocenters. The summed E-state index contributed by atoms with van der Waals surface area (Å²) in [6.45, 7) is 4.98. The van der Waals surface area contributed by atoms with Gasteiger partial charge in [-0.15, -0.1) is 0 Å². The summed E-state index contributed by atoms with van der Waals surface area (Å²) in [7, 11) is -3.08. The predicted molar refractivity (Wildman–Crippen MR) is 99.8 cm³/mol. The normalized spacial score (nSPS) is 25.3. The van der Waals surface area contributed by atoms with Gasteiger partial charge in [0.05, 0.1) is 5.25 Å². The Morgan fingerprint density at radius 1 is 1.04 bits per heavy atom. The molecule has 3 fully saturated rings. The predicted octanol–water partition coefficient (Wildman–Crippen LogP) is 1.98. The second-order valence-electron chi connectivity index (χ2n) is 7.77. The lowest BCUT2D eigenvalue weighted by Gasteiger charge is -2.42. The molecule has 2 saturated heterocycles. The average molecular weight is 382 g/mol. The van der Waals surface area contributed by atoms with Crippen molar-refractivity contribution in [3.8, 4) is 0 Å². The molecule has 144 valence electrons. The van der Waals surface area contributed by atoms with Crippen molar-refractivity contribution in [1.29, 1.82) is 0 Å². The van der Waals surface area contributed by atoms with E-state index in [1.54, 1.807) is 16.4 Å². The van der Waals surface area contributed by atoms with Crippen LogP contribution in [0.2, 0.25) is 0 Å². The van der Waals surface area contributed by atoms with Gasteiger partial charge in [-0.1, -0.05) is 12.1 Å². The average Bonchev–Trinajstić information content (AvgIpc) is 3.49. The van der Waals surface area contributed by atoms with Crippen LogP contribution in [0.15, 0.2) is 24.3 Å². The van der Waals surface area contributed by atoms with E-state index in [-0.39, 0.29) is 17.1 Å². The first-order chi connectivity index (χ1) is 12.6. The lowest BCUT2D eigenvalue weighted by molar-refractivity contribution is 0.0947. The van der Waals surface area contributed by atoms with E-state index in [1.165, 1.54) is 6.07 Å². The van der Waals surface area contributed by atoms with Gasteiger partial charge in [0.1, 0.15) is 5.82 Å². The van der Waals surface area contributed by atoms with Gasteiger partial charge in [0, 0.05) is 45.3 Å². The molecule has 0 spiro atoms. The molecule has 1 aromatic carbocycles. The highest BCUT2D eigenvalue weighted by molar-refractivity contribution is 7.90. The SMILES string of the molecule is O=S(=O)(C1CC1)N1CCC([C@H](c2cccc(F)c2)N2CCNCC2)CC1. The third kappa shape index (κ3) is 3.81. The van der Waals surface area contributed by atoms with Crippen molar-refractivity contribution in [3.05, 3.63) is 35.6 Å². The van der Waals surface area contributed by atoms with Gasteiger partial charge >= 0.3 is 0 Å². The quantitative estimate of drug-likeness (QED) is 0.847. The summed E-state index contributed by atoms with van der Waals surface area (Å²) in [6.07, 6.45) is 3.32. The van der Waals surface area contributed by atoms with E-state index in [4.69, 9.17) is 0 Å². The smallest absolute Gasteiger partial charge is 0.216 e. The van der Waals surface area contributed by atoms with Gasteiger partial charge in [0.25, 0.3) is 0 Å². The van der Waals surface area contributed by atoms with Crippen molar-refractivity contribution in [3.63, 3.8) is 0 Å². The number of sulfonamides is 1. The molecule has 26 heavy (non-hydrogen) atoms. The minimum Gasteiger partial charge on any atom is -0.314 e. The van der Waals surface area contributed by atoms with Crippen molar-refractivity contribution in [2.75, 3.05) is 39.3 Å². The highest BCUT2D eigenvalue weighted by Gasteiger charge is 2.42. The van der Waals surface area contributed by atoms with Crippen molar-refractivity contribution in [2.45, 2.75) is 37.0 Å². The van der Waals surface area contributed by atoms with Crippen molar-refractivity contribution < 1.29 is 12.8 Å². The zero-order valence-corrected chi connectivity index (χ0v) is 15.9. The molecule has 0 bridgehead atoms. The van der Waals surface area contributed by atoms with Gasteiger partial charge in [-0.25, -0.2) is 17.1 Å². The van der Waals surface area contributed by atoms with Gasteiger partial charge < -0.3 is 5.32 Å². The van der Waals surface area contributed by atoms with Crippen LogP contribution in [0.5, 0.6) is 0 Å². The summed E-state index contributed by atoms with van der Waals surface area (Å²) in [6, 6.07) is 7.11. The molecule has 4 rings (SSSR count). The van der Waals surface area contributed by atoms with E-state index in [1.807, 2.05) is 6.07 Å². The number of halogens is 1. The zero-order chi connectivity index (χ0) is 18.1. The largest absolute Gasteiger partial charge is 0.314 e. The Morgan fingerprint density at radius 2 is 1.73 bits per heavy atom.